The van der Waals surface area contributed by atoms with Crippen molar-refractivity contribution >= 4 is 5.91 Å². The number of rotatable bonds is 6. The number of amides is 1. The molecule has 4 rings (SSSR count). The van der Waals surface area contributed by atoms with Crippen LogP contribution in [0, 0.1) is 13.8 Å². The van der Waals surface area contributed by atoms with Crippen molar-refractivity contribution in [3.05, 3.63) is 101 Å². The second kappa shape index (κ2) is 10.8. The van der Waals surface area contributed by atoms with Gasteiger partial charge in [0.15, 0.2) is 0 Å². The van der Waals surface area contributed by atoms with E-state index in [-0.39, 0.29) is 26.0 Å². The predicted octanol–water partition coefficient (Wildman–Crippen LogP) is 5.44. The van der Waals surface area contributed by atoms with E-state index in [0.29, 0.717) is 11.4 Å². The topological polar surface area (TPSA) is 88.0 Å². The van der Waals surface area contributed by atoms with Gasteiger partial charge in [0.2, 0.25) is 0 Å². The SMILES string of the molecule is C.Cc1ccc(-c2cc(C(=O)N[C@H](C)c3cnc(C)nc3)cc(-c3ccccc3CO)c2)nc1. The highest BCUT2D eigenvalue weighted by Gasteiger charge is 2.16. The molecule has 6 nitrogen and oxygen atoms in total. The number of aromatic nitrogens is 3. The van der Waals surface area contributed by atoms with Crippen LogP contribution in [0.5, 0.6) is 0 Å². The highest BCUT2D eigenvalue weighted by Crippen LogP contribution is 2.30. The van der Waals surface area contributed by atoms with Crippen LogP contribution in [0.4, 0.5) is 0 Å². The van der Waals surface area contributed by atoms with Gasteiger partial charge >= 0.3 is 0 Å². The summed E-state index contributed by atoms with van der Waals surface area (Å²) in [5.41, 5.74) is 6.53. The quantitative estimate of drug-likeness (QED) is 0.405. The van der Waals surface area contributed by atoms with Gasteiger partial charge in [0.1, 0.15) is 5.82 Å². The maximum absolute atomic E-state index is 13.2. The second-order valence-corrected chi connectivity index (χ2v) is 8.09. The third kappa shape index (κ3) is 5.53. The maximum Gasteiger partial charge on any atom is 0.251 e. The molecule has 0 radical (unpaired) electrons. The lowest BCUT2D eigenvalue weighted by molar-refractivity contribution is 0.0940. The number of carbonyl (C=O) groups excluding carboxylic acids is 1. The standard InChI is InChI=1S/C27H26N4O2.CH4/c1-17-8-9-26(30-13-17)22-10-21(25-7-5-4-6-20(25)16-32)11-23(12-22)27(33)31-18(2)24-14-28-19(3)29-15-24;/h4-15,18,32H,16H2,1-3H3,(H,31,33);1H4/t18-;/m1./s1. The van der Waals surface area contributed by atoms with E-state index in [1.807, 2.05) is 81.6 Å². The number of aryl methyl sites for hydroxylation is 2. The molecule has 0 saturated heterocycles. The predicted molar refractivity (Wildman–Crippen MR) is 135 cm³/mol. The van der Waals surface area contributed by atoms with Crippen LogP contribution in [0.2, 0.25) is 0 Å². The third-order valence-electron chi connectivity index (χ3n) is 5.55. The van der Waals surface area contributed by atoms with Gasteiger partial charge in [-0.15, -0.1) is 0 Å². The van der Waals surface area contributed by atoms with E-state index in [4.69, 9.17) is 0 Å². The molecule has 0 aliphatic carbocycles. The summed E-state index contributed by atoms with van der Waals surface area (Å²) in [7, 11) is 0. The van der Waals surface area contributed by atoms with Gasteiger partial charge < -0.3 is 10.4 Å². The fourth-order valence-electron chi connectivity index (χ4n) is 3.63. The van der Waals surface area contributed by atoms with Crippen molar-refractivity contribution in [1.82, 2.24) is 20.3 Å². The molecule has 4 aromatic rings. The van der Waals surface area contributed by atoms with E-state index in [9.17, 15) is 9.90 Å². The van der Waals surface area contributed by atoms with Gasteiger partial charge in [0.05, 0.1) is 18.3 Å². The lowest BCUT2D eigenvalue weighted by Gasteiger charge is -2.16. The number of benzene rings is 2. The van der Waals surface area contributed by atoms with Crippen molar-refractivity contribution < 1.29 is 9.90 Å². The molecule has 0 fully saturated rings. The zero-order valence-electron chi connectivity index (χ0n) is 18.9. The number of hydrogen-bond donors (Lipinski definition) is 2. The van der Waals surface area contributed by atoms with Gasteiger partial charge in [-0.1, -0.05) is 37.8 Å². The normalized spacial score (nSPS) is 11.4. The zero-order chi connectivity index (χ0) is 23.4. The number of hydrogen-bond acceptors (Lipinski definition) is 5. The maximum atomic E-state index is 13.2. The largest absolute Gasteiger partial charge is 0.392 e. The van der Waals surface area contributed by atoms with Crippen LogP contribution in [0.25, 0.3) is 22.4 Å². The number of aliphatic hydroxyl groups is 1. The molecule has 0 spiro atoms. The Bertz CT molecular complexity index is 1270. The smallest absolute Gasteiger partial charge is 0.251 e. The summed E-state index contributed by atoms with van der Waals surface area (Å²) >= 11 is 0. The van der Waals surface area contributed by atoms with Crippen molar-refractivity contribution in [1.29, 1.82) is 0 Å². The minimum atomic E-state index is -0.257. The number of aliphatic hydroxyl groups excluding tert-OH is 1. The van der Waals surface area contributed by atoms with E-state index in [2.05, 4.69) is 20.3 Å². The summed E-state index contributed by atoms with van der Waals surface area (Å²) in [6.45, 7) is 5.62. The van der Waals surface area contributed by atoms with Crippen LogP contribution in [0.1, 0.15) is 53.3 Å². The highest BCUT2D eigenvalue weighted by molar-refractivity contribution is 5.97. The summed E-state index contributed by atoms with van der Waals surface area (Å²) < 4.78 is 0. The Morgan fingerprint density at radius 2 is 1.65 bits per heavy atom. The van der Waals surface area contributed by atoms with Crippen molar-refractivity contribution in [2.75, 3.05) is 0 Å². The Kier molecular flexibility index (Phi) is 7.87. The van der Waals surface area contributed by atoms with Gasteiger partial charge in [-0.25, -0.2) is 9.97 Å². The van der Waals surface area contributed by atoms with Crippen LogP contribution in [-0.2, 0) is 6.61 Å². The zero-order valence-corrected chi connectivity index (χ0v) is 18.9. The summed E-state index contributed by atoms with van der Waals surface area (Å²) in [5.74, 6) is 0.475. The molecule has 0 aliphatic heterocycles. The molecule has 1 amide bonds. The Labute approximate surface area is 200 Å². The second-order valence-electron chi connectivity index (χ2n) is 8.09. The van der Waals surface area contributed by atoms with Gasteiger partial charge in [-0.2, -0.15) is 0 Å². The molecule has 1 atom stereocenters. The average molecular weight is 455 g/mol. The molecule has 34 heavy (non-hydrogen) atoms. The lowest BCUT2D eigenvalue weighted by Crippen LogP contribution is -2.27. The number of nitrogens with one attached hydrogen (secondary N) is 1. The monoisotopic (exact) mass is 454 g/mol. The Morgan fingerprint density at radius 3 is 2.32 bits per heavy atom. The first-order valence-corrected chi connectivity index (χ1v) is 10.8. The van der Waals surface area contributed by atoms with Gasteiger partial charge in [-0.3, -0.25) is 9.78 Å². The fourth-order valence-corrected chi connectivity index (χ4v) is 3.63. The van der Waals surface area contributed by atoms with Crippen LogP contribution < -0.4 is 5.32 Å². The van der Waals surface area contributed by atoms with E-state index in [0.717, 1.165) is 39.1 Å². The number of pyridine rings is 1. The first-order chi connectivity index (χ1) is 15.9. The molecule has 6 heteroatoms. The lowest BCUT2D eigenvalue weighted by atomic mass is 9.94. The van der Waals surface area contributed by atoms with Crippen LogP contribution >= 0.6 is 0 Å². The molecular formula is C28H30N4O2. The van der Waals surface area contributed by atoms with Crippen LogP contribution in [0.15, 0.2) is 73.2 Å². The van der Waals surface area contributed by atoms with Gasteiger partial charge in [0, 0.05) is 35.3 Å². The molecule has 2 aromatic carbocycles. The Morgan fingerprint density at radius 1 is 0.941 bits per heavy atom. The molecule has 0 unspecified atom stereocenters. The number of nitrogens with zero attached hydrogens (tertiary/aromatic N) is 3. The van der Waals surface area contributed by atoms with Crippen molar-refractivity contribution in [2.24, 2.45) is 0 Å². The van der Waals surface area contributed by atoms with Gasteiger partial charge in [-0.05, 0) is 67.3 Å². The summed E-state index contributed by atoms with van der Waals surface area (Å²) in [4.78, 5) is 26.2. The molecule has 0 bridgehead atoms. The van der Waals surface area contributed by atoms with Crippen molar-refractivity contribution in [2.45, 2.75) is 40.8 Å². The summed E-state index contributed by atoms with van der Waals surface area (Å²) in [6.07, 6.45) is 5.26. The molecule has 174 valence electrons. The molecule has 2 aromatic heterocycles. The highest BCUT2D eigenvalue weighted by atomic mass is 16.3. The molecular weight excluding hydrogens is 424 g/mol. The van der Waals surface area contributed by atoms with E-state index in [1.165, 1.54) is 0 Å². The van der Waals surface area contributed by atoms with E-state index < -0.39 is 0 Å². The average Bonchev–Trinajstić information content (AvgIpc) is 2.84. The molecule has 2 N–H and O–H groups in total. The van der Waals surface area contributed by atoms with Crippen molar-refractivity contribution in [3.63, 3.8) is 0 Å². The Balaban J connectivity index is 0.00000324. The van der Waals surface area contributed by atoms with Gasteiger partial charge in [0.25, 0.3) is 5.91 Å². The number of carbonyl (C=O) groups is 1. The van der Waals surface area contributed by atoms with Crippen LogP contribution in [-0.4, -0.2) is 26.0 Å². The first-order valence-electron chi connectivity index (χ1n) is 10.8. The first kappa shape index (κ1) is 24.7. The molecule has 0 aliphatic rings. The summed E-state index contributed by atoms with van der Waals surface area (Å²) in [5, 5.41) is 12.9. The molecule has 0 saturated carbocycles. The van der Waals surface area contributed by atoms with E-state index >= 15 is 0 Å². The third-order valence-corrected chi connectivity index (χ3v) is 5.55. The van der Waals surface area contributed by atoms with Crippen LogP contribution in [0.3, 0.4) is 0 Å². The summed E-state index contributed by atoms with van der Waals surface area (Å²) in [6, 6.07) is 17.0. The van der Waals surface area contributed by atoms with E-state index in [1.54, 1.807) is 12.4 Å². The van der Waals surface area contributed by atoms with Crippen molar-refractivity contribution in [3.8, 4) is 22.4 Å². The fraction of sp³-hybridized carbons (Fsp3) is 0.214. The minimum absolute atomic E-state index is 0. The minimum Gasteiger partial charge on any atom is -0.392 e. The molecule has 2 heterocycles. The Hall–Kier alpha value is -3.90.